The number of aryl methyl sites for hydroxylation is 1. The minimum atomic E-state index is -0.0443. The first-order valence-electron chi connectivity index (χ1n) is 17.2. The van der Waals surface area contributed by atoms with Crippen molar-refractivity contribution in [3.05, 3.63) is 179 Å². The number of hydrogen-bond acceptors (Lipinski definition) is 0. The molecule has 1 aliphatic carbocycles. The molecule has 48 heavy (non-hydrogen) atoms. The molecule has 0 heteroatoms. The van der Waals surface area contributed by atoms with Gasteiger partial charge < -0.3 is 0 Å². The van der Waals surface area contributed by atoms with Crippen molar-refractivity contribution in [3.63, 3.8) is 0 Å². The van der Waals surface area contributed by atoms with E-state index in [2.05, 4.69) is 179 Å². The van der Waals surface area contributed by atoms with E-state index < -0.39 is 0 Å². The maximum atomic E-state index is 2.45. The van der Waals surface area contributed by atoms with Gasteiger partial charge >= 0.3 is 0 Å². The van der Waals surface area contributed by atoms with Crippen molar-refractivity contribution in [2.45, 2.75) is 39.0 Å². The molecular weight excluding hydrogens is 577 g/mol. The molecule has 0 amide bonds. The number of rotatable bonds is 4. The topological polar surface area (TPSA) is 0 Å². The van der Waals surface area contributed by atoms with E-state index in [4.69, 9.17) is 0 Å². The minimum absolute atomic E-state index is 0.0443. The van der Waals surface area contributed by atoms with Crippen LogP contribution in [0.3, 0.4) is 0 Å². The molecule has 8 aromatic rings. The van der Waals surface area contributed by atoms with Crippen molar-refractivity contribution in [3.8, 4) is 33.4 Å². The van der Waals surface area contributed by atoms with Crippen molar-refractivity contribution in [2.24, 2.45) is 0 Å². The third kappa shape index (κ3) is 4.22. The largest absolute Gasteiger partial charge is 0.0622 e. The molecule has 0 fully saturated rings. The van der Waals surface area contributed by atoms with Crippen LogP contribution in [0.1, 0.15) is 54.5 Å². The van der Waals surface area contributed by atoms with Crippen LogP contribution in [0, 0.1) is 6.92 Å². The van der Waals surface area contributed by atoms with Gasteiger partial charge in [0.05, 0.1) is 0 Å². The Morgan fingerprint density at radius 2 is 1.17 bits per heavy atom. The summed E-state index contributed by atoms with van der Waals surface area (Å²) in [5.41, 5.74) is 14.7. The van der Waals surface area contributed by atoms with Gasteiger partial charge in [-0.15, -0.1) is 0 Å². The van der Waals surface area contributed by atoms with E-state index in [1.54, 1.807) is 0 Å². The van der Waals surface area contributed by atoms with Crippen molar-refractivity contribution >= 4 is 32.3 Å². The summed E-state index contributed by atoms with van der Waals surface area (Å²) in [5.74, 6) is 0.244. The normalized spacial score (nSPS) is 13.9. The van der Waals surface area contributed by atoms with E-state index in [1.807, 2.05) is 0 Å². The summed E-state index contributed by atoms with van der Waals surface area (Å²) in [6, 6.07) is 56.6. The molecule has 0 aromatic heterocycles. The molecule has 0 heterocycles. The van der Waals surface area contributed by atoms with Crippen LogP contribution in [-0.4, -0.2) is 0 Å². The van der Waals surface area contributed by atoms with Crippen LogP contribution >= 0.6 is 0 Å². The standard InChI is InChI=1S/C48H38/c1-30(34-23-22-32-14-8-9-17-35(32)28-34)37-18-10-11-19-39(37)38-25-26-41-45(31(38)2)42(33-15-6-5-7-16-33)29-36-24-27-44-47(46(36)41)40-20-12-13-21-43(40)48(44,3)4/h5-30H,1-4H3. The van der Waals surface area contributed by atoms with Crippen LogP contribution < -0.4 is 0 Å². The maximum Gasteiger partial charge on any atom is 0.0159 e. The number of benzene rings is 8. The van der Waals surface area contributed by atoms with Crippen LogP contribution in [0.4, 0.5) is 0 Å². The monoisotopic (exact) mass is 614 g/mol. The Hall–Kier alpha value is -5.46. The Labute approximate surface area is 283 Å². The van der Waals surface area contributed by atoms with Crippen molar-refractivity contribution in [1.29, 1.82) is 0 Å². The first kappa shape index (κ1) is 28.7. The molecule has 0 saturated carbocycles. The highest BCUT2D eigenvalue weighted by molar-refractivity contribution is 6.22. The van der Waals surface area contributed by atoms with Crippen molar-refractivity contribution < 1.29 is 0 Å². The molecule has 0 nitrogen and oxygen atoms in total. The molecule has 1 unspecified atom stereocenters. The molecule has 0 N–H and O–H groups in total. The Kier molecular flexibility index (Phi) is 6.46. The highest BCUT2D eigenvalue weighted by Crippen LogP contribution is 2.53. The van der Waals surface area contributed by atoms with E-state index in [9.17, 15) is 0 Å². The summed E-state index contributed by atoms with van der Waals surface area (Å²) in [6.07, 6.45) is 0. The zero-order valence-electron chi connectivity index (χ0n) is 28.0. The predicted molar refractivity (Wildman–Crippen MR) is 206 cm³/mol. The summed E-state index contributed by atoms with van der Waals surface area (Å²) >= 11 is 0. The average molecular weight is 615 g/mol. The van der Waals surface area contributed by atoms with Crippen LogP contribution in [0.15, 0.2) is 152 Å². The molecule has 1 aliphatic rings. The smallest absolute Gasteiger partial charge is 0.0159 e. The Balaban J connectivity index is 1.32. The third-order valence-electron chi connectivity index (χ3n) is 11.2. The molecular formula is C48H38. The van der Waals surface area contributed by atoms with Crippen LogP contribution in [0.25, 0.3) is 65.7 Å². The molecule has 0 spiro atoms. The van der Waals surface area contributed by atoms with E-state index in [-0.39, 0.29) is 11.3 Å². The van der Waals surface area contributed by atoms with Crippen LogP contribution in [-0.2, 0) is 5.41 Å². The van der Waals surface area contributed by atoms with Gasteiger partial charge in [-0.3, -0.25) is 0 Å². The first-order chi connectivity index (χ1) is 23.4. The molecule has 0 bridgehead atoms. The van der Waals surface area contributed by atoms with Gasteiger partial charge in [0.25, 0.3) is 0 Å². The average Bonchev–Trinajstić information content (AvgIpc) is 3.37. The van der Waals surface area contributed by atoms with Gasteiger partial charge in [-0.1, -0.05) is 166 Å². The molecule has 9 rings (SSSR count). The highest BCUT2D eigenvalue weighted by Gasteiger charge is 2.36. The second-order valence-corrected chi connectivity index (χ2v) is 14.1. The van der Waals surface area contributed by atoms with Gasteiger partial charge in [0.15, 0.2) is 0 Å². The lowest BCUT2D eigenvalue weighted by Crippen LogP contribution is -2.14. The predicted octanol–water partition coefficient (Wildman–Crippen LogP) is 13.2. The van der Waals surface area contributed by atoms with Crippen molar-refractivity contribution in [1.82, 2.24) is 0 Å². The van der Waals surface area contributed by atoms with Gasteiger partial charge in [-0.2, -0.15) is 0 Å². The molecule has 0 saturated heterocycles. The summed E-state index contributed by atoms with van der Waals surface area (Å²) < 4.78 is 0. The molecule has 230 valence electrons. The van der Waals surface area contributed by atoms with Gasteiger partial charge in [-0.05, 0) is 107 Å². The second-order valence-electron chi connectivity index (χ2n) is 14.1. The highest BCUT2D eigenvalue weighted by atomic mass is 14.4. The van der Waals surface area contributed by atoms with Crippen molar-refractivity contribution in [2.75, 3.05) is 0 Å². The number of hydrogen-bond donors (Lipinski definition) is 0. The molecule has 1 atom stereocenters. The molecule has 0 radical (unpaired) electrons. The summed E-state index contributed by atoms with van der Waals surface area (Å²) in [5, 5.41) is 7.91. The lowest BCUT2D eigenvalue weighted by Gasteiger charge is -2.23. The van der Waals surface area contributed by atoms with E-state index in [1.165, 1.54) is 93.5 Å². The fourth-order valence-electron chi connectivity index (χ4n) is 8.63. The minimum Gasteiger partial charge on any atom is -0.0622 e. The Morgan fingerprint density at radius 3 is 2.00 bits per heavy atom. The summed E-state index contributed by atoms with van der Waals surface area (Å²) in [7, 11) is 0. The van der Waals surface area contributed by atoms with E-state index >= 15 is 0 Å². The Morgan fingerprint density at radius 1 is 0.479 bits per heavy atom. The number of fused-ring (bicyclic) bond motifs is 8. The van der Waals surface area contributed by atoms with Gasteiger partial charge in [0.1, 0.15) is 0 Å². The van der Waals surface area contributed by atoms with E-state index in [0.29, 0.717) is 0 Å². The second kappa shape index (κ2) is 10.8. The summed E-state index contributed by atoms with van der Waals surface area (Å²) in [4.78, 5) is 0. The lowest BCUT2D eigenvalue weighted by atomic mass is 9.80. The third-order valence-corrected chi connectivity index (χ3v) is 11.2. The quantitative estimate of drug-likeness (QED) is 0.173. The van der Waals surface area contributed by atoms with Gasteiger partial charge in [0.2, 0.25) is 0 Å². The van der Waals surface area contributed by atoms with Gasteiger partial charge in [0, 0.05) is 11.3 Å². The van der Waals surface area contributed by atoms with E-state index in [0.717, 1.165) is 0 Å². The molecule has 8 aromatic carbocycles. The summed E-state index contributed by atoms with van der Waals surface area (Å²) in [6.45, 7) is 9.45. The maximum absolute atomic E-state index is 2.45. The van der Waals surface area contributed by atoms with Gasteiger partial charge in [-0.25, -0.2) is 0 Å². The Bertz CT molecular complexity index is 2550. The van der Waals surface area contributed by atoms with Crippen LogP contribution in [0.2, 0.25) is 0 Å². The zero-order chi connectivity index (χ0) is 32.6. The lowest BCUT2D eigenvalue weighted by molar-refractivity contribution is 0.661. The first-order valence-corrected chi connectivity index (χ1v) is 17.2. The fraction of sp³-hybridized carbons (Fsp3) is 0.125. The fourth-order valence-corrected chi connectivity index (χ4v) is 8.63. The zero-order valence-corrected chi connectivity index (χ0v) is 28.0. The molecule has 0 aliphatic heterocycles. The SMILES string of the molecule is Cc1c(-c2ccccc2C(C)c2ccc3ccccc3c2)ccc2c1c(-c1ccccc1)cc1ccc3c(c12)-c1ccccc1C3(C)C. The van der Waals surface area contributed by atoms with Crippen LogP contribution in [0.5, 0.6) is 0 Å².